The average Bonchev–Trinajstić information content (AvgIpc) is 2.92. The van der Waals surface area contributed by atoms with Crippen molar-refractivity contribution in [3.05, 3.63) is 29.3 Å². The van der Waals surface area contributed by atoms with Crippen LogP contribution in [0.4, 0.5) is 0 Å². The molecule has 0 bridgehead atoms. The number of sulfonamides is 1. The van der Waals surface area contributed by atoms with E-state index in [1.807, 2.05) is 6.92 Å². The molecule has 2 aromatic heterocycles. The highest BCUT2D eigenvalue weighted by Gasteiger charge is 2.23. The first kappa shape index (κ1) is 14.7. The van der Waals surface area contributed by atoms with E-state index in [-0.39, 0.29) is 11.4 Å². The molecule has 2 aromatic rings. The van der Waals surface area contributed by atoms with Gasteiger partial charge in [-0.3, -0.25) is 9.36 Å². The van der Waals surface area contributed by atoms with Gasteiger partial charge in [0.25, 0.3) is 0 Å². The Morgan fingerprint density at radius 2 is 2.05 bits per heavy atom. The number of rotatable bonds is 5. The van der Waals surface area contributed by atoms with E-state index in [9.17, 15) is 8.42 Å². The molecule has 0 saturated carbocycles. The second-order valence-electron chi connectivity index (χ2n) is 4.59. The smallest absolute Gasteiger partial charge is 0.244 e. The molecule has 0 aliphatic rings. The lowest BCUT2D eigenvalue weighted by atomic mass is 10.4. The van der Waals surface area contributed by atoms with E-state index in [0.29, 0.717) is 17.9 Å². The van der Waals surface area contributed by atoms with Crippen LogP contribution in [-0.4, -0.2) is 28.0 Å². The van der Waals surface area contributed by atoms with Gasteiger partial charge in [-0.25, -0.2) is 13.1 Å². The monoisotopic (exact) mass is 297 g/mol. The highest BCUT2D eigenvalue weighted by Crippen LogP contribution is 2.18. The van der Waals surface area contributed by atoms with Crippen LogP contribution in [0.2, 0.25) is 0 Å². The van der Waals surface area contributed by atoms with Crippen LogP contribution in [0.25, 0.3) is 0 Å². The molecule has 0 aliphatic carbocycles. The summed E-state index contributed by atoms with van der Waals surface area (Å²) in [6.45, 7) is 6.31. The zero-order valence-electron chi connectivity index (χ0n) is 12.1. The molecule has 0 unspecified atom stereocenters. The van der Waals surface area contributed by atoms with Crippen LogP contribution in [0.3, 0.4) is 0 Å². The Kier molecular flexibility index (Phi) is 3.96. The molecule has 1 N–H and O–H groups in total. The molecule has 0 radical (unpaired) electrons. The lowest BCUT2D eigenvalue weighted by Crippen LogP contribution is -2.25. The SMILES string of the molecule is CCn1nccc1CNS(=O)(=O)c1c(C)nn(C)c1C. The number of hydrogen-bond donors (Lipinski definition) is 1. The first-order valence-electron chi connectivity index (χ1n) is 6.37. The Labute approximate surface area is 118 Å². The van der Waals surface area contributed by atoms with E-state index >= 15 is 0 Å². The first-order chi connectivity index (χ1) is 9.36. The molecular formula is C12H19N5O2S. The predicted octanol–water partition coefficient (Wildman–Crippen LogP) is 0.732. The summed E-state index contributed by atoms with van der Waals surface area (Å²) in [5.74, 6) is 0. The first-order valence-corrected chi connectivity index (χ1v) is 7.85. The third-order valence-corrected chi connectivity index (χ3v) is 4.91. The highest BCUT2D eigenvalue weighted by molar-refractivity contribution is 7.89. The molecule has 0 aliphatic heterocycles. The summed E-state index contributed by atoms with van der Waals surface area (Å²) in [7, 11) is -1.85. The van der Waals surface area contributed by atoms with Crippen molar-refractivity contribution < 1.29 is 8.42 Å². The predicted molar refractivity (Wildman–Crippen MR) is 74.6 cm³/mol. The Hall–Kier alpha value is -1.67. The molecule has 0 aromatic carbocycles. The summed E-state index contributed by atoms with van der Waals surface area (Å²) in [6.07, 6.45) is 1.66. The lowest BCUT2D eigenvalue weighted by Gasteiger charge is -2.08. The molecule has 2 heterocycles. The van der Waals surface area contributed by atoms with E-state index in [1.54, 1.807) is 42.5 Å². The van der Waals surface area contributed by atoms with Gasteiger partial charge in [0.05, 0.1) is 23.6 Å². The number of nitrogens with zero attached hydrogens (tertiary/aromatic N) is 4. The van der Waals surface area contributed by atoms with E-state index < -0.39 is 10.0 Å². The maximum atomic E-state index is 12.4. The third-order valence-electron chi connectivity index (χ3n) is 3.26. The van der Waals surface area contributed by atoms with Crippen LogP contribution in [0, 0.1) is 13.8 Å². The number of nitrogens with one attached hydrogen (secondary N) is 1. The van der Waals surface area contributed by atoms with Gasteiger partial charge in [0, 0.05) is 19.8 Å². The van der Waals surface area contributed by atoms with Gasteiger partial charge in [-0.2, -0.15) is 10.2 Å². The van der Waals surface area contributed by atoms with Crippen LogP contribution >= 0.6 is 0 Å². The molecular weight excluding hydrogens is 278 g/mol. The zero-order chi connectivity index (χ0) is 14.9. The van der Waals surface area contributed by atoms with Crippen LogP contribution in [0.15, 0.2) is 17.2 Å². The highest BCUT2D eigenvalue weighted by atomic mass is 32.2. The fraction of sp³-hybridized carbons (Fsp3) is 0.500. The van der Waals surface area contributed by atoms with Crippen LogP contribution in [0.1, 0.15) is 24.0 Å². The van der Waals surface area contributed by atoms with E-state index in [0.717, 1.165) is 5.69 Å². The summed E-state index contributed by atoms with van der Waals surface area (Å²) in [5.41, 5.74) is 1.95. The van der Waals surface area contributed by atoms with E-state index in [4.69, 9.17) is 0 Å². The molecule has 0 amide bonds. The van der Waals surface area contributed by atoms with Crippen molar-refractivity contribution in [3.63, 3.8) is 0 Å². The second-order valence-corrected chi connectivity index (χ2v) is 6.29. The van der Waals surface area contributed by atoms with E-state index in [2.05, 4.69) is 14.9 Å². The van der Waals surface area contributed by atoms with Gasteiger partial charge < -0.3 is 0 Å². The van der Waals surface area contributed by atoms with Gasteiger partial charge >= 0.3 is 0 Å². The molecule has 20 heavy (non-hydrogen) atoms. The van der Waals surface area contributed by atoms with Crippen molar-refractivity contribution in [2.24, 2.45) is 7.05 Å². The van der Waals surface area contributed by atoms with Crippen molar-refractivity contribution in [1.82, 2.24) is 24.3 Å². The van der Waals surface area contributed by atoms with Crippen LogP contribution < -0.4 is 4.72 Å². The normalized spacial score (nSPS) is 12.0. The van der Waals surface area contributed by atoms with Crippen LogP contribution in [0.5, 0.6) is 0 Å². The molecule has 7 nitrogen and oxygen atoms in total. The standard InChI is InChI=1S/C12H19N5O2S/c1-5-17-11(6-7-13-17)8-14-20(18,19)12-9(2)15-16(4)10(12)3/h6-7,14H,5,8H2,1-4H3. The Morgan fingerprint density at radius 1 is 1.35 bits per heavy atom. The van der Waals surface area contributed by atoms with Gasteiger partial charge in [0.15, 0.2) is 0 Å². The quantitative estimate of drug-likeness (QED) is 0.882. The largest absolute Gasteiger partial charge is 0.271 e. The Bertz CT molecular complexity index is 714. The molecule has 8 heteroatoms. The average molecular weight is 297 g/mol. The summed E-state index contributed by atoms with van der Waals surface area (Å²) in [6, 6.07) is 1.80. The summed E-state index contributed by atoms with van der Waals surface area (Å²) in [4.78, 5) is 0.252. The van der Waals surface area contributed by atoms with Crippen molar-refractivity contribution in [1.29, 1.82) is 0 Å². The fourth-order valence-corrected chi connectivity index (χ4v) is 3.61. The van der Waals surface area contributed by atoms with Crippen molar-refractivity contribution in [3.8, 4) is 0 Å². The van der Waals surface area contributed by atoms with Gasteiger partial charge in [0.1, 0.15) is 4.90 Å². The van der Waals surface area contributed by atoms with Gasteiger partial charge in [-0.15, -0.1) is 0 Å². The molecule has 2 rings (SSSR count). The van der Waals surface area contributed by atoms with Gasteiger partial charge in [0.2, 0.25) is 10.0 Å². The maximum Gasteiger partial charge on any atom is 0.244 e. The maximum absolute atomic E-state index is 12.4. The molecule has 0 spiro atoms. The minimum Gasteiger partial charge on any atom is -0.271 e. The summed E-state index contributed by atoms with van der Waals surface area (Å²) in [5, 5.41) is 8.25. The summed E-state index contributed by atoms with van der Waals surface area (Å²) >= 11 is 0. The second kappa shape index (κ2) is 5.37. The topological polar surface area (TPSA) is 81.8 Å². The zero-order valence-corrected chi connectivity index (χ0v) is 12.9. The van der Waals surface area contributed by atoms with Crippen LogP contribution in [-0.2, 0) is 30.2 Å². The number of aryl methyl sites for hydroxylation is 3. The van der Waals surface area contributed by atoms with Gasteiger partial charge in [-0.05, 0) is 26.8 Å². The lowest BCUT2D eigenvalue weighted by molar-refractivity contribution is 0.569. The number of aromatic nitrogens is 4. The summed E-state index contributed by atoms with van der Waals surface area (Å²) < 4.78 is 30.7. The molecule has 0 atom stereocenters. The number of hydrogen-bond acceptors (Lipinski definition) is 4. The van der Waals surface area contributed by atoms with Crippen molar-refractivity contribution in [2.45, 2.75) is 38.8 Å². The Balaban J connectivity index is 2.24. The van der Waals surface area contributed by atoms with Crippen molar-refractivity contribution in [2.75, 3.05) is 0 Å². The third kappa shape index (κ3) is 2.61. The molecule has 0 fully saturated rings. The van der Waals surface area contributed by atoms with Crippen molar-refractivity contribution >= 4 is 10.0 Å². The van der Waals surface area contributed by atoms with E-state index in [1.165, 1.54) is 0 Å². The minimum absolute atomic E-state index is 0.212. The minimum atomic E-state index is -3.58. The Morgan fingerprint density at radius 3 is 2.60 bits per heavy atom. The fourth-order valence-electron chi connectivity index (χ4n) is 2.18. The van der Waals surface area contributed by atoms with Gasteiger partial charge in [-0.1, -0.05) is 0 Å². The molecule has 110 valence electrons. The molecule has 0 saturated heterocycles.